The molecule has 4 nitrogen and oxygen atoms in total. The fourth-order valence-corrected chi connectivity index (χ4v) is 3.19. The molecule has 0 saturated carbocycles. The normalized spacial score (nSPS) is 11.2. The first-order chi connectivity index (χ1) is 12.4. The smallest absolute Gasteiger partial charge is 0.335 e. The fourth-order valence-electron chi connectivity index (χ4n) is 3.00. The van der Waals surface area contributed by atoms with Crippen molar-refractivity contribution in [1.29, 1.82) is 0 Å². The molecule has 3 aromatic rings. The largest absolute Gasteiger partial charge is 0.478 e. The Morgan fingerprint density at radius 2 is 1.88 bits per heavy atom. The molecule has 1 heterocycles. The Morgan fingerprint density at radius 1 is 1.12 bits per heavy atom. The van der Waals surface area contributed by atoms with Gasteiger partial charge in [0.1, 0.15) is 0 Å². The van der Waals surface area contributed by atoms with E-state index >= 15 is 0 Å². The van der Waals surface area contributed by atoms with Crippen LogP contribution in [0.2, 0.25) is 5.02 Å². The highest BCUT2D eigenvalue weighted by molar-refractivity contribution is 6.30. The van der Waals surface area contributed by atoms with Crippen molar-refractivity contribution in [3.05, 3.63) is 81.6 Å². The van der Waals surface area contributed by atoms with Gasteiger partial charge >= 0.3 is 5.97 Å². The molecule has 26 heavy (non-hydrogen) atoms. The molecule has 1 aromatic heterocycles. The van der Waals surface area contributed by atoms with E-state index in [1.165, 1.54) is 0 Å². The molecule has 0 bridgehead atoms. The van der Waals surface area contributed by atoms with Gasteiger partial charge in [-0.1, -0.05) is 17.7 Å². The standard InChI is InChI=1S/C21H19ClN2O2/c1-13-9-16(21(25)26)7-8-20(13)23-12-17-10-14(2)24(15(17)3)19-6-4-5-18(22)11-19/h4-12H,1-3H3,(H,25,26). The lowest BCUT2D eigenvalue weighted by Gasteiger charge is -2.09. The SMILES string of the molecule is Cc1cc(C(=O)O)ccc1N=Cc1cc(C)n(-c2cccc(Cl)c2)c1C. The maximum atomic E-state index is 11.0. The number of aromatic nitrogens is 1. The molecule has 0 aliphatic rings. The van der Waals surface area contributed by atoms with E-state index < -0.39 is 5.97 Å². The van der Waals surface area contributed by atoms with Crippen LogP contribution in [0.5, 0.6) is 0 Å². The summed E-state index contributed by atoms with van der Waals surface area (Å²) in [5.74, 6) is -0.936. The summed E-state index contributed by atoms with van der Waals surface area (Å²) in [4.78, 5) is 15.6. The molecule has 0 radical (unpaired) electrons. The second kappa shape index (κ2) is 7.18. The van der Waals surface area contributed by atoms with Crippen molar-refractivity contribution in [2.24, 2.45) is 4.99 Å². The summed E-state index contributed by atoms with van der Waals surface area (Å²) < 4.78 is 2.13. The van der Waals surface area contributed by atoms with Gasteiger partial charge in [-0.05, 0) is 68.8 Å². The van der Waals surface area contributed by atoms with Gasteiger partial charge in [0, 0.05) is 33.9 Å². The Balaban J connectivity index is 1.95. The number of hydrogen-bond acceptors (Lipinski definition) is 2. The van der Waals surface area contributed by atoms with Crippen LogP contribution in [0.15, 0.2) is 53.5 Å². The molecule has 0 unspecified atom stereocenters. The summed E-state index contributed by atoms with van der Waals surface area (Å²) in [7, 11) is 0. The van der Waals surface area contributed by atoms with E-state index in [1.807, 2.05) is 51.3 Å². The average molecular weight is 367 g/mol. The summed E-state index contributed by atoms with van der Waals surface area (Å²) in [5.41, 5.74) is 6.00. The van der Waals surface area contributed by atoms with Gasteiger partial charge in [0.25, 0.3) is 0 Å². The van der Waals surface area contributed by atoms with Crippen molar-refractivity contribution in [3.8, 4) is 5.69 Å². The number of carboxylic acid groups (broad SMARTS) is 1. The van der Waals surface area contributed by atoms with Crippen LogP contribution >= 0.6 is 11.6 Å². The highest BCUT2D eigenvalue weighted by Gasteiger charge is 2.10. The summed E-state index contributed by atoms with van der Waals surface area (Å²) >= 11 is 6.12. The van der Waals surface area contributed by atoms with Gasteiger partial charge in [0.05, 0.1) is 11.3 Å². The van der Waals surface area contributed by atoms with Crippen LogP contribution in [0.1, 0.15) is 32.9 Å². The predicted octanol–water partition coefficient (Wildman–Crippen LogP) is 5.50. The van der Waals surface area contributed by atoms with Crippen molar-refractivity contribution >= 4 is 29.5 Å². The lowest BCUT2D eigenvalue weighted by atomic mass is 10.1. The molecule has 5 heteroatoms. The van der Waals surface area contributed by atoms with E-state index in [-0.39, 0.29) is 5.56 Å². The first-order valence-electron chi connectivity index (χ1n) is 8.19. The minimum atomic E-state index is -0.936. The van der Waals surface area contributed by atoms with Crippen molar-refractivity contribution in [1.82, 2.24) is 4.57 Å². The summed E-state index contributed by atoms with van der Waals surface area (Å²) in [6.45, 7) is 5.93. The zero-order valence-electron chi connectivity index (χ0n) is 14.8. The number of benzene rings is 2. The highest BCUT2D eigenvalue weighted by Crippen LogP contribution is 2.24. The first-order valence-corrected chi connectivity index (χ1v) is 8.57. The molecule has 0 atom stereocenters. The number of aromatic carboxylic acids is 1. The molecular formula is C21H19ClN2O2. The average Bonchev–Trinajstić information content (AvgIpc) is 2.87. The predicted molar refractivity (Wildman–Crippen MR) is 106 cm³/mol. The van der Waals surface area contributed by atoms with E-state index in [1.54, 1.807) is 18.2 Å². The van der Waals surface area contributed by atoms with Crippen LogP contribution in [0.4, 0.5) is 5.69 Å². The summed E-state index contributed by atoms with van der Waals surface area (Å²) in [5, 5.41) is 9.75. The molecule has 0 aliphatic heterocycles. The van der Waals surface area contributed by atoms with Crippen LogP contribution in [-0.4, -0.2) is 21.9 Å². The maximum Gasteiger partial charge on any atom is 0.335 e. The lowest BCUT2D eigenvalue weighted by molar-refractivity contribution is 0.0697. The fraction of sp³-hybridized carbons (Fsp3) is 0.143. The number of hydrogen-bond donors (Lipinski definition) is 1. The van der Waals surface area contributed by atoms with Crippen LogP contribution in [0.3, 0.4) is 0 Å². The zero-order chi connectivity index (χ0) is 18.8. The number of aryl methyl sites for hydroxylation is 2. The Bertz CT molecular complexity index is 1020. The van der Waals surface area contributed by atoms with Gasteiger partial charge < -0.3 is 9.67 Å². The van der Waals surface area contributed by atoms with Gasteiger partial charge in [0.2, 0.25) is 0 Å². The number of halogens is 1. The number of aliphatic imine (C=N–C) groups is 1. The number of carboxylic acids is 1. The molecule has 1 N–H and O–H groups in total. The summed E-state index contributed by atoms with van der Waals surface area (Å²) in [6, 6.07) is 14.7. The van der Waals surface area contributed by atoms with E-state index in [0.29, 0.717) is 5.02 Å². The van der Waals surface area contributed by atoms with Gasteiger partial charge in [-0.2, -0.15) is 0 Å². The molecule has 0 aliphatic carbocycles. The van der Waals surface area contributed by atoms with E-state index in [9.17, 15) is 4.79 Å². The Kier molecular flexibility index (Phi) is 4.96. The van der Waals surface area contributed by atoms with Crippen LogP contribution in [0, 0.1) is 20.8 Å². The van der Waals surface area contributed by atoms with E-state index in [0.717, 1.165) is 33.9 Å². The van der Waals surface area contributed by atoms with E-state index in [4.69, 9.17) is 16.7 Å². The maximum absolute atomic E-state index is 11.0. The monoisotopic (exact) mass is 366 g/mol. The van der Waals surface area contributed by atoms with Crippen molar-refractivity contribution in [3.63, 3.8) is 0 Å². The second-order valence-electron chi connectivity index (χ2n) is 6.21. The quantitative estimate of drug-likeness (QED) is 0.619. The van der Waals surface area contributed by atoms with Gasteiger partial charge in [0.15, 0.2) is 0 Å². The Hall–Kier alpha value is -2.85. The molecule has 3 rings (SSSR count). The van der Waals surface area contributed by atoms with Crippen molar-refractivity contribution in [2.75, 3.05) is 0 Å². The molecule has 0 amide bonds. The Morgan fingerprint density at radius 3 is 2.54 bits per heavy atom. The third-order valence-electron chi connectivity index (χ3n) is 4.32. The van der Waals surface area contributed by atoms with E-state index in [2.05, 4.69) is 15.6 Å². The number of nitrogens with zero attached hydrogens (tertiary/aromatic N) is 2. The minimum absolute atomic E-state index is 0.264. The number of rotatable bonds is 4. The zero-order valence-corrected chi connectivity index (χ0v) is 15.6. The van der Waals surface area contributed by atoms with Crippen LogP contribution in [0.25, 0.3) is 5.69 Å². The molecule has 132 valence electrons. The van der Waals surface area contributed by atoms with Crippen molar-refractivity contribution < 1.29 is 9.90 Å². The van der Waals surface area contributed by atoms with Gasteiger partial charge in [-0.15, -0.1) is 0 Å². The molecule has 0 spiro atoms. The van der Waals surface area contributed by atoms with Gasteiger partial charge in [-0.3, -0.25) is 4.99 Å². The Labute approximate surface area is 157 Å². The van der Waals surface area contributed by atoms with Crippen LogP contribution < -0.4 is 0 Å². The lowest BCUT2D eigenvalue weighted by Crippen LogP contribution is -1.99. The van der Waals surface area contributed by atoms with Crippen LogP contribution in [-0.2, 0) is 0 Å². The molecule has 0 fully saturated rings. The summed E-state index contributed by atoms with van der Waals surface area (Å²) in [6.07, 6.45) is 1.81. The number of carbonyl (C=O) groups is 1. The van der Waals surface area contributed by atoms with Crippen molar-refractivity contribution in [2.45, 2.75) is 20.8 Å². The third-order valence-corrected chi connectivity index (χ3v) is 4.56. The third kappa shape index (κ3) is 3.55. The highest BCUT2D eigenvalue weighted by atomic mass is 35.5. The molecule has 0 saturated heterocycles. The first kappa shape index (κ1) is 18.0. The van der Waals surface area contributed by atoms with Gasteiger partial charge in [-0.25, -0.2) is 4.79 Å². The molecular weight excluding hydrogens is 348 g/mol. The topological polar surface area (TPSA) is 54.6 Å². The second-order valence-corrected chi connectivity index (χ2v) is 6.64. The minimum Gasteiger partial charge on any atom is -0.478 e. The molecule has 2 aromatic carbocycles.